The van der Waals surface area contributed by atoms with Crippen LogP contribution in [0.5, 0.6) is 0 Å². The highest BCUT2D eigenvalue weighted by molar-refractivity contribution is 5.94. The zero-order chi connectivity index (χ0) is 15.8. The molecule has 2 unspecified atom stereocenters. The highest BCUT2D eigenvalue weighted by Crippen LogP contribution is 2.42. The predicted molar refractivity (Wildman–Crippen MR) is 72.5 cm³/mol. The summed E-state index contributed by atoms with van der Waals surface area (Å²) in [6, 6.07) is 0. The highest BCUT2D eigenvalue weighted by atomic mass is 19.4. The Bertz CT molecular complexity index is 538. The quantitative estimate of drug-likeness (QED) is 0.882. The lowest BCUT2D eigenvalue weighted by Crippen LogP contribution is -2.40. The Morgan fingerprint density at radius 1 is 1.38 bits per heavy atom. The molecule has 1 fully saturated rings. The zero-order valence-electron chi connectivity index (χ0n) is 12.0. The number of nitrogens with two attached hydrogens (primary N) is 1. The maximum Gasteiger partial charge on any atom is 0.392 e. The van der Waals surface area contributed by atoms with Gasteiger partial charge in [-0.3, -0.25) is 9.48 Å². The van der Waals surface area contributed by atoms with E-state index in [-0.39, 0.29) is 24.3 Å². The number of aromatic nitrogens is 2. The van der Waals surface area contributed by atoms with Crippen LogP contribution < -0.4 is 11.1 Å². The standard InChI is InChI=1S/C13H19F3N4O/c1-7-10(17)11(20(2)19-7)18-12(21)8-5-3-4-6-9(8)13(14,15)16/h8-9H,3-6,17H2,1-2H3,(H,18,21). The van der Waals surface area contributed by atoms with Crippen molar-refractivity contribution in [3.63, 3.8) is 0 Å². The monoisotopic (exact) mass is 304 g/mol. The molecule has 1 aromatic rings. The average molecular weight is 304 g/mol. The van der Waals surface area contributed by atoms with Crippen molar-refractivity contribution in [2.75, 3.05) is 11.1 Å². The van der Waals surface area contributed by atoms with Crippen molar-refractivity contribution in [3.05, 3.63) is 5.69 Å². The number of hydrogen-bond acceptors (Lipinski definition) is 3. The molecule has 0 aromatic carbocycles. The Morgan fingerprint density at radius 2 is 2.00 bits per heavy atom. The fourth-order valence-corrected chi connectivity index (χ4v) is 2.87. The molecule has 1 amide bonds. The molecule has 118 valence electrons. The van der Waals surface area contributed by atoms with Crippen molar-refractivity contribution in [1.82, 2.24) is 9.78 Å². The molecule has 0 bridgehead atoms. The minimum Gasteiger partial charge on any atom is -0.394 e. The molecule has 1 heterocycles. The van der Waals surface area contributed by atoms with Gasteiger partial charge in [-0.1, -0.05) is 12.8 Å². The van der Waals surface area contributed by atoms with Crippen molar-refractivity contribution >= 4 is 17.4 Å². The lowest BCUT2D eigenvalue weighted by Gasteiger charge is -2.31. The summed E-state index contributed by atoms with van der Waals surface area (Å²) in [4.78, 5) is 12.2. The number of amides is 1. The second kappa shape index (κ2) is 5.57. The molecule has 0 spiro atoms. The van der Waals surface area contributed by atoms with Gasteiger partial charge in [0.15, 0.2) is 5.82 Å². The fraction of sp³-hybridized carbons (Fsp3) is 0.692. The van der Waals surface area contributed by atoms with Gasteiger partial charge in [-0.25, -0.2) is 0 Å². The Hall–Kier alpha value is -1.73. The van der Waals surface area contributed by atoms with Gasteiger partial charge in [-0.2, -0.15) is 18.3 Å². The SMILES string of the molecule is Cc1nn(C)c(NC(=O)C2CCCCC2C(F)(F)F)c1N. The molecule has 0 radical (unpaired) electrons. The van der Waals surface area contributed by atoms with Crippen LogP contribution in [0.25, 0.3) is 0 Å². The lowest BCUT2D eigenvalue weighted by molar-refractivity contribution is -0.197. The van der Waals surface area contributed by atoms with Crippen molar-refractivity contribution < 1.29 is 18.0 Å². The number of anilines is 2. The summed E-state index contributed by atoms with van der Waals surface area (Å²) < 4.78 is 40.5. The molecular weight excluding hydrogens is 285 g/mol. The van der Waals surface area contributed by atoms with Crippen LogP contribution in [0.15, 0.2) is 0 Å². The number of nitrogens with zero attached hydrogens (tertiary/aromatic N) is 2. The molecule has 2 atom stereocenters. The lowest BCUT2D eigenvalue weighted by atomic mass is 9.78. The third-order valence-electron chi connectivity index (χ3n) is 4.03. The van der Waals surface area contributed by atoms with Crippen LogP contribution in [0.3, 0.4) is 0 Å². The van der Waals surface area contributed by atoms with Crippen LogP contribution in [0, 0.1) is 18.8 Å². The molecular formula is C13H19F3N4O. The summed E-state index contributed by atoms with van der Waals surface area (Å²) in [6.07, 6.45) is -2.98. The van der Waals surface area contributed by atoms with E-state index in [0.29, 0.717) is 18.5 Å². The smallest absolute Gasteiger partial charge is 0.392 e. The molecule has 2 rings (SSSR count). The summed E-state index contributed by atoms with van der Waals surface area (Å²) in [5.41, 5.74) is 6.60. The van der Waals surface area contributed by atoms with E-state index in [4.69, 9.17) is 5.73 Å². The van der Waals surface area contributed by atoms with Crippen molar-refractivity contribution in [3.8, 4) is 0 Å². The number of rotatable bonds is 2. The minimum atomic E-state index is -4.35. The number of hydrogen-bond donors (Lipinski definition) is 2. The number of nitrogen functional groups attached to an aromatic ring is 1. The average Bonchev–Trinajstić information content (AvgIpc) is 2.64. The van der Waals surface area contributed by atoms with Gasteiger partial charge in [0.1, 0.15) is 0 Å². The van der Waals surface area contributed by atoms with Gasteiger partial charge in [0.2, 0.25) is 5.91 Å². The Labute approximate surface area is 120 Å². The fourth-order valence-electron chi connectivity index (χ4n) is 2.87. The normalized spacial score (nSPS) is 23.1. The van der Waals surface area contributed by atoms with E-state index in [1.54, 1.807) is 14.0 Å². The van der Waals surface area contributed by atoms with E-state index in [1.807, 2.05) is 0 Å². The first kappa shape index (κ1) is 15.7. The van der Waals surface area contributed by atoms with Gasteiger partial charge < -0.3 is 11.1 Å². The van der Waals surface area contributed by atoms with E-state index >= 15 is 0 Å². The van der Waals surface area contributed by atoms with E-state index in [1.165, 1.54) is 4.68 Å². The number of carbonyl (C=O) groups is 1. The summed E-state index contributed by atoms with van der Waals surface area (Å²) in [5.74, 6) is -3.02. The number of carbonyl (C=O) groups excluding carboxylic acids is 1. The maximum atomic E-state index is 13.0. The molecule has 21 heavy (non-hydrogen) atoms. The topological polar surface area (TPSA) is 72.9 Å². The predicted octanol–water partition coefficient (Wildman–Crippen LogP) is 2.62. The number of alkyl halides is 3. The largest absolute Gasteiger partial charge is 0.394 e. The third kappa shape index (κ3) is 3.14. The number of aryl methyl sites for hydroxylation is 2. The van der Waals surface area contributed by atoms with E-state index in [2.05, 4.69) is 10.4 Å². The minimum absolute atomic E-state index is 0.00147. The number of halogens is 3. The van der Waals surface area contributed by atoms with Gasteiger partial charge in [0.25, 0.3) is 0 Å². The Morgan fingerprint density at radius 3 is 2.52 bits per heavy atom. The maximum absolute atomic E-state index is 13.0. The van der Waals surface area contributed by atoms with Gasteiger partial charge in [-0.15, -0.1) is 0 Å². The molecule has 1 saturated carbocycles. The van der Waals surface area contributed by atoms with Gasteiger partial charge >= 0.3 is 6.18 Å². The molecule has 8 heteroatoms. The van der Waals surface area contributed by atoms with Crippen LogP contribution in [0.4, 0.5) is 24.7 Å². The molecule has 1 aliphatic carbocycles. The van der Waals surface area contributed by atoms with Gasteiger partial charge in [0.05, 0.1) is 17.3 Å². The van der Waals surface area contributed by atoms with Crippen molar-refractivity contribution in [2.24, 2.45) is 18.9 Å². The molecule has 1 aliphatic rings. The van der Waals surface area contributed by atoms with Crippen LogP contribution in [-0.4, -0.2) is 21.9 Å². The first-order valence-electron chi connectivity index (χ1n) is 6.88. The summed E-state index contributed by atoms with van der Waals surface area (Å²) in [5, 5.41) is 6.54. The summed E-state index contributed by atoms with van der Waals surface area (Å²) in [7, 11) is 1.58. The third-order valence-corrected chi connectivity index (χ3v) is 4.03. The van der Waals surface area contributed by atoms with E-state index in [9.17, 15) is 18.0 Å². The highest BCUT2D eigenvalue weighted by Gasteiger charge is 2.48. The molecule has 3 N–H and O–H groups in total. The first-order valence-corrected chi connectivity index (χ1v) is 6.88. The number of nitrogens with one attached hydrogen (secondary N) is 1. The molecule has 1 aromatic heterocycles. The van der Waals surface area contributed by atoms with E-state index in [0.717, 1.165) is 0 Å². The first-order chi connectivity index (χ1) is 9.71. The van der Waals surface area contributed by atoms with Crippen molar-refractivity contribution in [2.45, 2.75) is 38.8 Å². The van der Waals surface area contributed by atoms with Crippen LogP contribution in [-0.2, 0) is 11.8 Å². The van der Waals surface area contributed by atoms with Gasteiger partial charge in [0, 0.05) is 13.0 Å². The summed E-state index contributed by atoms with van der Waals surface area (Å²) >= 11 is 0. The molecule has 0 aliphatic heterocycles. The van der Waals surface area contributed by atoms with Crippen LogP contribution >= 0.6 is 0 Å². The van der Waals surface area contributed by atoms with Crippen molar-refractivity contribution in [1.29, 1.82) is 0 Å². The molecule has 5 nitrogen and oxygen atoms in total. The van der Waals surface area contributed by atoms with Gasteiger partial charge in [-0.05, 0) is 19.8 Å². The second-order valence-electron chi connectivity index (χ2n) is 5.50. The van der Waals surface area contributed by atoms with E-state index < -0.39 is 23.9 Å². The zero-order valence-corrected chi connectivity index (χ0v) is 12.0. The summed E-state index contributed by atoms with van der Waals surface area (Å²) in [6.45, 7) is 1.67. The Kier molecular flexibility index (Phi) is 4.15. The van der Waals surface area contributed by atoms with Crippen LogP contribution in [0.2, 0.25) is 0 Å². The second-order valence-corrected chi connectivity index (χ2v) is 5.50. The Balaban J connectivity index is 2.18. The van der Waals surface area contributed by atoms with Crippen LogP contribution in [0.1, 0.15) is 31.4 Å². The molecule has 0 saturated heterocycles.